The number of nitrogens with zero attached hydrogens (tertiary/aromatic N) is 4. The molecule has 0 fully saturated rings. The topological polar surface area (TPSA) is 129 Å². The van der Waals surface area contributed by atoms with Crippen molar-refractivity contribution in [2.75, 3.05) is 13.2 Å². The molecule has 0 radical (unpaired) electrons. The van der Waals surface area contributed by atoms with E-state index in [1.54, 1.807) is 91.3 Å². The highest BCUT2D eigenvalue weighted by molar-refractivity contribution is 9.10. The van der Waals surface area contributed by atoms with Crippen molar-refractivity contribution in [2.24, 2.45) is 0 Å². The first kappa shape index (κ1) is 44.6. The van der Waals surface area contributed by atoms with Crippen molar-refractivity contribution in [1.29, 1.82) is 0 Å². The summed E-state index contributed by atoms with van der Waals surface area (Å²) in [6.45, 7) is 3.95. The third-order valence-corrected chi connectivity index (χ3v) is 9.60. The van der Waals surface area contributed by atoms with Crippen LogP contribution < -0.4 is 5.46 Å². The largest absolute Gasteiger partial charge is 0.488 e. The Bertz CT molecular complexity index is 2710. The Labute approximate surface area is 365 Å². The van der Waals surface area contributed by atoms with E-state index in [1.165, 1.54) is 16.8 Å². The quantitative estimate of drug-likeness (QED) is 0.103. The van der Waals surface area contributed by atoms with Gasteiger partial charge in [0.05, 0.1) is 36.0 Å². The lowest BCUT2D eigenvalue weighted by atomic mass is 9.81. The molecule has 0 spiro atoms. The second-order valence-corrected chi connectivity index (χ2v) is 14.1. The van der Waals surface area contributed by atoms with Crippen LogP contribution in [0.3, 0.4) is 0 Å². The smallest absolute Gasteiger partial charge is 0.461 e. The summed E-state index contributed by atoms with van der Waals surface area (Å²) in [7, 11) is -1.34. The first-order valence-corrected chi connectivity index (χ1v) is 20.2. The molecule has 62 heavy (non-hydrogen) atoms. The van der Waals surface area contributed by atoms with E-state index in [9.17, 15) is 18.4 Å². The van der Waals surface area contributed by atoms with Crippen LogP contribution in [0.4, 0.5) is 8.78 Å². The Hall–Kier alpha value is -7.00. The zero-order valence-corrected chi connectivity index (χ0v) is 35.2. The fraction of sp³-hybridized carbons (Fsp3) is 0.0833. The molecule has 0 atom stereocenters. The van der Waals surface area contributed by atoms with Crippen molar-refractivity contribution in [3.8, 4) is 45.0 Å². The molecule has 0 amide bonds. The molecule has 14 heteroatoms. The van der Waals surface area contributed by atoms with Gasteiger partial charge in [-0.05, 0) is 103 Å². The molecule has 2 aromatic heterocycles. The summed E-state index contributed by atoms with van der Waals surface area (Å²) >= 11 is 3.38. The van der Waals surface area contributed by atoms with Gasteiger partial charge in [-0.3, -0.25) is 0 Å². The van der Waals surface area contributed by atoms with Crippen molar-refractivity contribution in [2.45, 2.75) is 13.8 Å². The maximum absolute atomic E-state index is 14.5. The first-order valence-electron chi connectivity index (χ1n) is 19.4. The van der Waals surface area contributed by atoms with E-state index in [4.69, 9.17) is 19.5 Å². The number of hydrogen-bond acceptors (Lipinski definition) is 8. The molecule has 0 unspecified atom stereocenters. The van der Waals surface area contributed by atoms with Gasteiger partial charge >= 0.3 is 19.1 Å². The number of carbonyl (C=O) groups is 2. The van der Waals surface area contributed by atoms with Gasteiger partial charge in [-0.25, -0.2) is 27.7 Å². The van der Waals surface area contributed by atoms with Gasteiger partial charge in [-0.1, -0.05) is 113 Å². The molecule has 312 valence electrons. The number of halogens is 3. The number of ether oxygens (including phenoxy) is 2. The van der Waals surface area contributed by atoms with E-state index in [0.717, 1.165) is 21.3 Å². The van der Waals surface area contributed by atoms with Gasteiger partial charge in [0.15, 0.2) is 11.4 Å². The molecule has 8 aromatic rings. The summed E-state index contributed by atoms with van der Waals surface area (Å²) in [4.78, 5) is 24.2. The van der Waals surface area contributed by atoms with Gasteiger partial charge < -0.3 is 19.5 Å². The van der Waals surface area contributed by atoms with Gasteiger partial charge in [0.25, 0.3) is 0 Å². The van der Waals surface area contributed by atoms with Crippen molar-refractivity contribution in [3.63, 3.8) is 0 Å². The standard InChI is InChI=1S/C24H19FN2O2.C18H14BrFN2O2.C6H7BO2/c1-2-29-24(28)22-16-23(20-10-6-7-11-21(20)25)27(26-22)19-14-12-18(13-15-19)17-8-4-3-5-9-17;1-2-24-18(23)16-11-17(14-5-3-4-6-15(14)20)22(21-16)13-9-7-12(19)8-10-13;8-7(9)6-4-2-1-3-5-6/h3-16H,2H2,1H3;3-11H,2H2,1H3;1-5,8-9H. The number of rotatable bonds is 10. The van der Waals surface area contributed by atoms with Crippen LogP contribution in [0.1, 0.15) is 34.8 Å². The van der Waals surface area contributed by atoms with Gasteiger partial charge in [0, 0.05) is 15.6 Å². The van der Waals surface area contributed by atoms with E-state index < -0.39 is 19.1 Å². The van der Waals surface area contributed by atoms with Crippen LogP contribution in [0.15, 0.2) is 174 Å². The predicted molar refractivity (Wildman–Crippen MR) is 239 cm³/mol. The second kappa shape index (κ2) is 21.5. The zero-order chi connectivity index (χ0) is 44.0. The molecule has 8 rings (SSSR count). The average molecular weight is 898 g/mol. The van der Waals surface area contributed by atoms with E-state index in [2.05, 4.69) is 26.1 Å². The van der Waals surface area contributed by atoms with Crippen LogP contribution in [0.2, 0.25) is 0 Å². The Morgan fingerprint density at radius 3 is 1.35 bits per heavy atom. The SMILES string of the molecule is CCOC(=O)c1cc(-c2ccccc2F)n(-c2ccc(-c3ccccc3)cc2)n1.CCOC(=O)c1cc(-c2ccccc2F)n(-c2ccc(Br)cc2)n1.OB(O)c1ccccc1. The normalized spacial score (nSPS) is 10.4. The van der Waals surface area contributed by atoms with Crippen molar-refractivity contribution in [3.05, 3.63) is 197 Å². The molecule has 0 aliphatic heterocycles. The minimum absolute atomic E-state index is 0.136. The van der Waals surface area contributed by atoms with Gasteiger partial charge in [0.2, 0.25) is 0 Å². The molecule has 2 N–H and O–H groups in total. The minimum atomic E-state index is -1.34. The van der Waals surface area contributed by atoms with Crippen molar-refractivity contribution in [1.82, 2.24) is 19.6 Å². The summed E-state index contributed by atoms with van der Waals surface area (Å²) in [6, 6.07) is 49.7. The van der Waals surface area contributed by atoms with Crippen LogP contribution >= 0.6 is 15.9 Å². The van der Waals surface area contributed by atoms with E-state index >= 15 is 0 Å². The first-order chi connectivity index (χ1) is 30.1. The predicted octanol–water partition coefficient (Wildman–Crippen LogP) is 9.51. The number of benzene rings is 6. The van der Waals surface area contributed by atoms with Gasteiger partial charge in [0.1, 0.15) is 11.6 Å². The lowest BCUT2D eigenvalue weighted by Crippen LogP contribution is -2.29. The zero-order valence-electron chi connectivity index (χ0n) is 33.6. The highest BCUT2D eigenvalue weighted by Crippen LogP contribution is 2.29. The lowest BCUT2D eigenvalue weighted by Gasteiger charge is -2.09. The van der Waals surface area contributed by atoms with Crippen LogP contribution in [-0.2, 0) is 9.47 Å². The third-order valence-electron chi connectivity index (χ3n) is 9.08. The van der Waals surface area contributed by atoms with Crippen LogP contribution in [0.25, 0.3) is 45.0 Å². The summed E-state index contributed by atoms with van der Waals surface area (Å²) < 4.78 is 42.8. The molecule has 0 aliphatic carbocycles. The van der Waals surface area contributed by atoms with Crippen molar-refractivity contribution >= 4 is 40.4 Å². The third kappa shape index (κ3) is 11.2. The van der Waals surface area contributed by atoms with E-state index in [0.29, 0.717) is 33.7 Å². The maximum Gasteiger partial charge on any atom is 0.488 e. The molecule has 0 saturated heterocycles. The maximum atomic E-state index is 14.5. The Morgan fingerprint density at radius 1 is 0.565 bits per heavy atom. The van der Waals surface area contributed by atoms with Gasteiger partial charge in [-0.2, -0.15) is 10.2 Å². The van der Waals surface area contributed by atoms with Crippen LogP contribution in [-0.4, -0.2) is 61.9 Å². The van der Waals surface area contributed by atoms with Crippen molar-refractivity contribution < 1.29 is 37.9 Å². The molecular weight excluding hydrogens is 857 g/mol. The molecule has 6 aromatic carbocycles. The summed E-state index contributed by atoms with van der Waals surface area (Å²) in [5, 5.41) is 25.9. The van der Waals surface area contributed by atoms with E-state index in [1.807, 2.05) is 84.9 Å². The van der Waals surface area contributed by atoms with Crippen LogP contribution in [0, 0.1) is 11.6 Å². The molecule has 0 bridgehead atoms. The lowest BCUT2D eigenvalue weighted by molar-refractivity contribution is 0.0509. The average Bonchev–Trinajstić information content (AvgIpc) is 3.95. The van der Waals surface area contributed by atoms with Crippen LogP contribution in [0.5, 0.6) is 0 Å². The van der Waals surface area contributed by atoms with E-state index in [-0.39, 0.29) is 36.2 Å². The molecular formula is C48H40BBrF2N4O6. The fourth-order valence-corrected chi connectivity index (χ4v) is 6.38. The highest BCUT2D eigenvalue weighted by atomic mass is 79.9. The molecule has 0 aliphatic rings. The molecule has 2 heterocycles. The summed E-state index contributed by atoms with van der Waals surface area (Å²) in [5.74, 6) is -1.84. The Balaban J connectivity index is 0.000000175. The highest BCUT2D eigenvalue weighted by Gasteiger charge is 2.21. The molecule has 0 saturated carbocycles. The van der Waals surface area contributed by atoms with Gasteiger partial charge in [-0.15, -0.1) is 0 Å². The summed E-state index contributed by atoms with van der Waals surface area (Å²) in [6.07, 6.45) is 0. The minimum Gasteiger partial charge on any atom is -0.461 e. The molecule has 10 nitrogen and oxygen atoms in total. The Kier molecular flexibility index (Phi) is 15.5. The fourth-order valence-electron chi connectivity index (χ4n) is 6.12. The number of carbonyl (C=O) groups excluding carboxylic acids is 2. The Morgan fingerprint density at radius 2 is 0.952 bits per heavy atom. The number of aromatic nitrogens is 4. The number of esters is 2. The second-order valence-electron chi connectivity index (χ2n) is 13.2. The number of hydrogen-bond donors (Lipinski definition) is 2. The summed E-state index contributed by atoms with van der Waals surface area (Å²) in [5.41, 5.74) is 6.09. The monoisotopic (exact) mass is 896 g/mol.